The van der Waals surface area contributed by atoms with Crippen LogP contribution in [-0.4, -0.2) is 58.3 Å². The average Bonchev–Trinajstić information content (AvgIpc) is 2.91. The van der Waals surface area contributed by atoms with Crippen LogP contribution in [0.4, 0.5) is 0 Å². The number of methoxy groups -OCH3 is 1. The topological polar surface area (TPSA) is 171 Å². The number of ether oxygens (including phenoxy) is 1. The first-order valence-electron chi connectivity index (χ1n) is 11.9. The summed E-state index contributed by atoms with van der Waals surface area (Å²) in [6, 6.07) is 15.5. The number of nitrogens with one attached hydrogen (secondary N) is 2. The molecule has 3 atom stereocenters. The standard InChI is InChI=1S/C28H31N3O7/c1-38-28(37)25(16-19-6-12-22(34)13-7-19)31-27(36)24(15-18-4-10-21(33)11-5-18)30-26(35)23(29)14-17-2-8-20(32)9-3-17/h2-13,23-25,32-34H,14-16,29H2,1H3,(H,30,35)(H,31,36). The zero-order chi connectivity index (χ0) is 27.7. The second-order valence-electron chi connectivity index (χ2n) is 8.86. The molecule has 10 heteroatoms. The highest BCUT2D eigenvalue weighted by Crippen LogP contribution is 2.15. The van der Waals surface area contributed by atoms with E-state index in [1.165, 1.54) is 43.5 Å². The minimum atomic E-state index is -1.09. The van der Waals surface area contributed by atoms with Crippen LogP contribution < -0.4 is 16.4 Å². The Morgan fingerprint density at radius 1 is 0.658 bits per heavy atom. The minimum absolute atomic E-state index is 0.0503. The second-order valence-corrected chi connectivity index (χ2v) is 8.86. The molecule has 0 saturated heterocycles. The zero-order valence-corrected chi connectivity index (χ0v) is 20.8. The first-order valence-corrected chi connectivity index (χ1v) is 11.9. The van der Waals surface area contributed by atoms with Gasteiger partial charge in [-0.2, -0.15) is 0 Å². The van der Waals surface area contributed by atoms with Gasteiger partial charge in [0, 0.05) is 12.8 Å². The normalized spacial score (nSPS) is 13.1. The second kappa shape index (κ2) is 13.1. The fourth-order valence-electron chi connectivity index (χ4n) is 3.81. The lowest BCUT2D eigenvalue weighted by molar-refractivity contribution is -0.145. The number of carbonyl (C=O) groups is 3. The molecule has 0 radical (unpaired) electrons. The van der Waals surface area contributed by atoms with Gasteiger partial charge in [0.05, 0.1) is 13.2 Å². The summed E-state index contributed by atoms with van der Waals surface area (Å²) in [6.07, 6.45) is 0.334. The van der Waals surface area contributed by atoms with Gasteiger partial charge in [0.1, 0.15) is 29.3 Å². The van der Waals surface area contributed by atoms with Crippen molar-refractivity contribution in [2.75, 3.05) is 7.11 Å². The first kappa shape index (κ1) is 28.0. The van der Waals surface area contributed by atoms with Gasteiger partial charge in [-0.3, -0.25) is 9.59 Å². The van der Waals surface area contributed by atoms with Gasteiger partial charge in [-0.25, -0.2) is 4.79 Å². The summed E-state index contributed by atoms with van der Waals surface area (Å²) in [4.78, 5) is 38.8. The number of nitrogens with two attached hydrogens (primary N) is 1. The fraction of sp³-hybridized carbons (Fsp3) is 0.250. The Kier molecular flexibility index (Phi) is 9.66. The van der Waals surface area contributed by atoms with Crippen LogP contribution in [-0.2, 0) is 38.4 Å². The molecule has 0 aliphatic carbocycles. The minimum Gasteiger partial charge on any atom is -0.508 e. The molecule has 3 aromatic rings. The van der Waals surface area contributed by atoms with Crippen LogP contribution in [0.2, 0.25) is 0 Å². The molecule has 38 heavy (non-hydrogen) atoms. The number of esters is 1. The predicted molar refractivity (Wildman–Crippen MR) is 139 cm³/mol. The third-order valence-corrected chi connectivity index (χ3v) is 5.92. The molecule has 200 valence electrons. The number of carbonyl (C=O) groups excluding carboxylic acids is 3. The van der Waals surface area contributed by atoms with Gasteiger partial charge < -0.3 is 36.4 Å². The third-order valence-electron chi connectivity index (χ3n) is 5.92. The van der Waals surface area contributed by atoms with E-state index in [-0.39, 0.29) is 36.5 Å². The van der Waals surface area contributed by atoms with Gasteiger partial charge in [0.15, 0.2) is 0 Å². The Balaban J connectivity index is 1.76. The molecule has 0 aromatic heterocycles. The molecule has 3 rings (SSSR count). The SMILES string of the molecule is COC(=O)C(Cc1ccc(O)cc1)NC(=O)C(Cc1ccc(O)cc1)NC(=O)C(N)Cc1ccc(O)cc1. The van der Waals surface area contributed by atoms with Crippen LogP contribution in [0.15, 0.2) is 72.8 Å². The fourth-order valence-corrected chi connectivity index (χ4v) is 3.81. The third kappa shape index (κ3) is 8.24. The highest BCUT2D eigenvalue weighted by molar-refractivity contribution is 5.92. The van der Waals surface area contributed by atoms with Crippen molar-refractivity contribution >= 4 is 17.8 Å². The summed E-state index contributed by atoms with van der Waals surface area (Å²) in [5.41, 5.74) is 8.16. The molecule has 3 aromatic carbocycles. The summed E-state index contributed by atoms with van der Waals surface area (Å²) in [6.45, 7) is 0. The molecule has 0 spiro atoms. The number of phenols is 3. The van der Waals surface area contributed by atoms with Gasteiger partial charge in [-0.1, -0.05) is 36.4 Å². The molecule has 0 heterocycles. The Bertz CT molecular complexity index is 1230. The molecule has 0 fully saturated rings. The van der Waals surface area contributed by atoms with E-state index in [2.05, 4.69) is 10.6 Å². The molecule has 0 bridgehead atoms. The van der Waals surface area contributed by atoms with E-state index in [1.807, 2.05) is 0 Å². The molecule has 10 nitrogen and oxygen atoms in total. The summed E-state index contributed by atoms with van der Waals surface area (Å²) in [5, 5.41) is 33.9. The summed E-state index contributed by atoms with van der Waals surface area (Å²) < 4.78 is 4.86. The van der Waals surface area contributed by atoms with Crippen molar-refractivity contribution in [3.05, 3.63) is 89.5 Å². The van der Waals surface area contributed by atoms with Gasteiger partial charge in [-0.05, 0) is 59.5 Å². The van der Waals surface area contributed by atoms with Crippen LogP contribution in [0.3, 0.4) is 0 Å². The Morgan fingerprint density at radius 2 is 1.03 bits per heavy atom. The highest BCUT2D eigenvalue weighted by atomic mass is 16.5. The summed E-state index contributed by atoms with van der Waals surface area (Å²) in [7, 11) is 1.20. The quantitative estimate of drug-likeness (QED) is 0.205. The van der Waals surface area contributed by atoms with E-state index in [1.54, 1.807) is 36.4 Å². The molecule has 0 aliphatic heterocycles. The van der Waals surface area contributed by atoms with Crippen LogP contribution in [0, 0.1) is 0 Å². The molecule has 0 aliphatic rings. The number of phenolic OH excluding ortho intramolecular Hbond substituents is 3. The molecular formula is C28H31N3O7. The summed E-state index contributed by atoms with van der Waals surface area (Å²) >= 11 is 0. The monoisotopic (exact) mass is 521 g/mol. The van der Waals surface area contributed by atoms with E-state index in [0.717, 1.165) is 5.56 Å². The van der Waals surface area contributed by atoms with Crippen molar-refractivity contribution in [2.24, 2.45) is 5.73 Å². The Labute approximate surface area is 220 Å². The van der Waals surface area contributed by atoms with Crippen molar-refractivity contribution in [1.82, 2.24) is 10.6 Å². The smallest absolute Gasteiger partial charge is 0.328 e. The number of hydrogen-bond acceptors (Lipinski definition) is 8. The lowest BCUT2D eigenvalue weighted by Crippen LogP contribution is -2.56. The van der Waals surface area contributed by atoms with Crippen LogP contribution in [0.25, 0.3) is 0 Å². The van der Waals surface area contributed by atoms with Gasteiger partial charge in [0.25, 0.3) is 0 Å². The van der Waals surface area contributed by atoms with Crippen LogP contribution in [0.5, 0.6) is 17.2 Å². The van der Waals surface area contributed by atoms with E-state index < -0.39 is 35.9 Å². The molecule has 0 saturated carbocycles. The summed E-state index contributed by atoms with van der Waals surface area (Å²) in [5.74, 6) is -1.68. The lowest BCUT2D eigenvalue weighted by Gasteiger charge is -2.24. The Morgan fingerprint density at radius 3 is 1.45 bits per heavy atom. The van der Waals surface area contributed by atoms with Crippen LogP contribution in [0.1, 0.15) is 16.7 Å². The van der Waals surface area contributed by atoms with E-state index in [0.29, 0.717) is 11.1 Å². The van der Waals surface area contributed by atoms with Crippen molar-refractivity contribution < 1.29 is 34.4 Å². The number of amides is 2. The zero-order valence-electron chi connectivity index (χ0n) is 20.8. The van der Waals surface area contributed by atoms with E-state index >= 15 is 0 Å². The highest BCUT2D eigenvalue weighted by Gasteiger charge is 2.29. The van der Waals surface area contributed by atoms with Crippen LogP contribution >= 0.6 is 0 Å². The number of hydrogen-bond donors (Lipinski definition) is 6. The molecule has 3 unspecified atom stereocenters. The Hall–Kier alpha value is -4.57. The maximum Gasteiger partial charge on any atom is 0.328 e. The van der Waals surface area contributed by atoms with Crippen molar-refractivity contribution in [1.29, 1.82) is 0 Å². The van der Waals surface area contributed by atoms with Crippen molar-refractivity contribution in [3.8, 4) is 17.2 Å². The van der Waals surface area contributed by atoms with Gasteiger partial charge in [-0.15, -0.1) is 0 Å². The van der Waals surface area contributed by atoms with Gasteiger partial charge in [0.2, 0.25) is 11.8 Å². The van der Waals surface area contributed by atoms with E-state index in [9.17, 15) is 29.7 Å². The van der Waals surface area contributed by atoms with Gasteiger partial charge >= 0.3 is 5.97 Å². The number of rotatable bonds is 11. The molecule has 2 amide bonds. The predicted octanol–water partition coefficient (Wildman–Crippen LogP) is 1.30. The van der Waals surface area contributed by atoms with Crippen molar-refractivity contribution in [2.45, 2.75) is 37.4 Å². The lowest BCUT2D eigenvalue weighted by atomic mass is 10.0. The van der Waals surface area contributed by atoms with Crippen molar-refractivity contribution in [3.63, 3.8) is 0 Å². The number of benzene rings is 3. The largest absolute Gasteiger partial charge is 0.508 e. The van der Waals surface area contributed by atoms with E-state index in [4.69, 9.17) is 10.5 Å². The molecule has 7 N–H and O–H groups in total. The number of aromatic hydroxyl groups is 3. The molecular weight excluding hydrogens is 490 g/mol. The maximum absolute atomic E-state index is 13.4. The average molecular weight is 522 g/mol. The maximum atomic E-state index is 13.4. The first-order chi connectivity index (χ1) is 18.1.